The topological polar surface area (TPSA) is 49.0 Å². The van der Waals surface area contributed by atoms with E-state index in [9.17, 15) is 4.79 Å². The summed E-state index contributed by atoms with van der Waals surface area (Å²) in [4.78, 5) is 11.9. The van der Waals surface area contributed by atoms with Gasteiger partial charge in [-0.05, 0) is 31.6 Å². The van der Waals surface area contributed by atoms with Gasteiger partial charge in [0.25, 0.3) is 0 Å². The fraction of sp³-hybridized carbons (Fsp3) is 0.818. The van der Waals surface area contributed by atoms with Crippen molar-refractivity contribution in [1.29, 1.82) is 0 Å². The van der Waals surface area contributed by atoms with E-state index >= 15 is 0 Å². The summed E-state index contributed by atoms with van der Waals surface area (Å²) in [6, 6.07) is 0. The molecular formula is C11H17N3O2. The second-order valence-electron chi connectivity index (χ2n) is 4.83. The molecule has 1 aliphatic heterocycles. The molecule has 0 unspecified atom stereocenters. The van der Waals surface area contributed by atoms with Crippen LogP contribution >= 0.6 is 0 Å². The first-order valence-corrected chi connectivity index (χ1v) is 6.01. The van der Waals surface area contributed by atoms with E-state index in [0.29, 0.717) is 5.92 Å². The van der Waals surface area contributed by atoms with Gasteiger partial charge in [0.05, 0.1) is 0 Å². The van der Waals surface area contributed by atoms with Crippen LogP contribution < -0.4 is 5.69 Å². The molecule has 1 saturated carbocycles. The maximum atomic E-state index is 11.9. The van der Waals surface area contributed by atoms with Crippen LogP contribution in [-0.4, -0.2) is 21.0 Å². The fourth-order valence-corrected chi connectivity index (χ4v) is 2.23. The average Bonchev–Trinajstić information content (AvgIpc) is 2.84. The van der Waals surface area contributed by atoms with Crippen LogP contribution in [0, 0.1) is 5.92 Å². The van der Waals surface area contributed by atoms with Crippen molar-refractivity contribution in [3.05, 3.63) is 16.3 Å². The van der Waals surface area contributed by atoms with Crippen molar-refractivity contribution in [2.24, 2.45) is 13.0 Å². The van der Waals surface area contributed by atoms with Gasteiger partial charge in [-0.15, -0.1) is 0 Å². The molecule has 0 spiro atoms. The Morgan fingerprint density at radius 3 is 2.88 bits per heavy atom. The molecule has 0 radical (unpaired) electrons. The molecule has 88 valence electrons. The van der Waals surface area contributed by atoms with Gasteiger partial charge in [-0.2, -0.15) is 5.10 Å². The zero-order valence-corrected chi connectivity index (χ0v) is 9.56. The molecule has 1 aromatic heterocycles. The molecule has 2 fully saturated rings. The smallest absolute Gasteiger partial charge is 0.345 e. The van der Waals surface area contributed by atoms with Crippen LogP contribution in [0.1, 0.15) is 37.6 Å². The monoisotopic (exact) mass is 223 g/mol. The number of nitrogens with zero attached hydrogens (tertiary/aromatic N) is 3. The second kappa shape index (κ2) is 3.73. The molecule has 0 aromatic carbocycles. The zero-order chi connectivity index (χ0) is 11.1. The van der Waals surface area contributed by atoms with Crippen molar-refractivity contribution in [3.8, 4) is 0 Å². The van der Waals surface area contributed by atoms with Crippen molar-refractivity contribution in [2.75, 3.05) is 6.61 Å². The van der Waals surface area contributed by atoms with E-state index < -0.39 is 0 Å². The molecule has 0 amide bonds. The summed E-state index contributed by atoms with van der Waals surface area (Å²) in [6.45, 7) is 1.56. The molecule has 1 aromatic rings. The first kappa shape index (κ1) is 10.1. The van der Waals surface area contributed by atoms with E-state index in [2.05, 4.69) is 5.10 Å². The molecule has 2 heterocycles. The first-order chi connectivity index (χ1) is 7.75. The summed E-state index contributed by atoms with van der Waals surface area (Å²) in [5.41, 5.74) is -0.00241. The van der Waals surface area contributed by atoms with Gasteiger partial charge in [0.1, 0.15) is 6.10 Å². The summed E-state index contributed by atoms with van der Waals surface area (Å²) >= 11 is 0. The van der Waals surface area contributed by atoms with Gasteiger partial charge < -0.3 is 4.74 Å². The van der Waals surface area contributed by atoms with Gasteiger partial charge in [-0.3, -0.25) is 4.57 Å². The molecule has 16 heavy (non-hydrogen) atoms. The minimum atomic E-state index is -0.00241. The number of rotatable bonds is 3. The lowest BCUT2D eigenvalue weighted by molar-refractivity contribution is 0.102. The quantitative estimate of drug-likeness (QED) is 0.763. The van der Waals surface area contributed by atoms with E-state index in [1.807, 2.05) is 0 Å². The van der Waals surface area contributed by atoms with E-state index in [4.69, 9.17) is 4.74 Å². The highest BCUT2D eigenvalue weighted by atomic mass is 16.5. The van der Waals surface area contributed by atoms with Crippen LogP contribution in [0.4, 0.5) is 0 Å². The van der Waals surface area contributed by atoms with Crippen LogP contribution in [0.15, 0.2) is 4.79 Å². The molecule has 5 nitrogen and oxygen atoms in total. The van der Waals surface area contributed by atoms with Crippen molar-refractivity contribution >= 4 is 0 Å². The number of aromatic nitrogens is 3. The van der Waals surface area contributed by atoms with Gasteiger partial charge in [-0.1, -0.05) is 0 Å². The highest BCUT2D eigenvalue weighted by Gasteiger charge is 2.27. The Balaban J connectivity index is 1.89. The van der Waals surface area contributed by atoms with E-state index in [1.165, 1.54) is 12.8 Å². The molecule has 1 saturated heterocycles. The van der Waals surface area contributed by atoms with Crippen LogP contribution in [0.2, 0.25) is 0 Å². The van der Waals surface area contributed by atoms with Crippen molar-refractivity contribution in [2.45, 2.75) is 38.3 Å². The van der Waals surface area contributed by atoms with E-state index in [0.717, 1.165) is 31.8 Å². The van der Waals surface area contributed by atoms with Crippen molar-refractivity contribution < 1.29 is 4.74 Å². The molecule has 5 heteroatoms. The highest BCUT2D eigenvalue weighted by molar-refractivity contribution is 4.94. The molecule has 3 rings (SSSR count). The van der Waals surface area contributed by atoms with Crippen LogP contribution in [0.3, 0.4) is 0 Å². The number of hydrogen-bond acceptors (Lipinski definition) is 3. The molecular weight excluding hydrogens is 206 g/mol. The van der Waals surface area contributed by atoms with Crippen LogP contribution in [-0.2, 0) is 18.3 Å². The summed E-state index contributed by atoms with van der Waals surface area (Å²) in [5.74, 6) is 1.47. The van der Waals surface area contributed by atoms with Gasteiger partial charge in [0.2, 0.25) is 0 Å². The first-order valence-electron chi connectivity index (χ1n) is 6.01. The third kappa shape index (κ3) is 1.69. The predicted molar refractivity (Wildman–Crippen MR) is 58.1 cm³/mol. The van der Waals surface area contributed by atoms with E-state index in [1.54, 1.807) is 16.3 Å². The highest BCUT2D eigenvalue weighted by Crippen LogP contribution is 2.30. The van der Waals surface area contributed by atoms with Crippen molar-refractivity contribution in [3.63, 3.8) is 0 Å². The molecule has 1 aliphatic carbocycles. The lowest BCUT2D eigenvalue weighted by atomic mass is 10.2. The predicted octanol–water partition coefficient (Wildman–Crippen LogP) is 0.843. The summed E-state index contributed by atoms with van der Waals surface area (Å²) in [6.07, 6.45) is 4.54. The van der Waals surface area contributed by atoms with Gasteiger partial charge >= 0.3 is 5.69 Å². The fourth-order valence-electron chi connectivity index (χ4n) is 2.23. The largest absolute Gasteiger partial charge is 0.370 e. The Morgan fingerprint density at radius 2 is 2.25 bits per heavy atom. The summed E-state index contributed by atoms with van der Waals surface area (Å²) < 4.78 is 8.82. The Morgan fingerprint density at radius 1 is 1.44 bits per heavy atom. The molecule has 2 aliphatic rings. The molecule has 1 atom stereocenters. The van der Waals surface area contributed by atoms with Gasteiger partial charge in [-0.25, -0.2) is 9.48 Å². The normalized spacial score (nSPS) is 25.2. The lowest BCUT2D eigenvalue weighted by Gasteiger charge is -2.06. The number of hydrogen-bond donors (Lipinski definition) is 0. The lowest BCUT2D eigenvalue weighted by Crippen LogP contribution is -2.24. The Hall–Kier alpha value is -1.10. The second-order valence-corrected chi connectivity index (χ2v) is 4.83. The number of ether oxygens (including phenoxy) is 1. The maximum absolute atomic E-state index is 11.9. The Labute approximate surface area is 94.0 Å². The van der Waals surface area contributed by atoms with Crippen molar-refractivity contribution in [1.82, 2.24) is 14.3 Å². The average molecular weight is 223 g/mol. The zero-order valence-electron chi connectivity index (χ0n) is 9.56. The maximum Gasteiger partial charge on any atom is 0.345 e. The Kier molecular flexibility index (Phi) is 2.35. The molecule has 0 N–H and O–H groups in total. The third-order valence-corrected chi connectivity index (χ3v) is 3.42. The summed E-state index contributed by atoms with van der Waals surface area (Å²) in [7, 11) is 1.79. The van der Waals surface area contributed by atoms with E-state index in [-0.39, 0.29) is 11.8 Å². The minimum Gasteiger partial charge on any atom is -0.370 e. The summed E-state index contributed by atoms with van der Waals surface area (Å²) in [5, 5.41) is 4.41. The third-order valence-electron chi connectivity index (χ3n) is 3.42. The van der Waals surface area contributed by atoms with Crippen LogP contribution in [0.5, 0.6) is 0 Å². The van der Waals surface area contributed by atoms with Crippen LogP contribution in [0.25, 0.3) is 0 Å². The van der Waals surface area contributed by atoms with Gasteiger partial charge in [0, 0.05) is 20.2 Å². The molecule has 0 bridgehead atoms. The minimum absolute atomic E-state index is 0.00241. The Bertz CT molecular complexity index is 439. The standard InChI is InChI=1S/C11H17N3O2/c1-13-10(9-3-2-6-16-9)12-14(11(13)15)7-8-4-5-8/h8-9H,2-7H2,1H3/t9-/m0/s1. The SMILES string of the molecule is Cn1c([C@@H]2CCCO2)nn(CC2CC2)c1=O. The van der Waals surface area contributed by atoms with Gasteiger partial charge in [0.15, 0.2) is 5.82 Å².